The zero-order valence-corrected chi connectivity index (χ0v) is 27.8. The van der Waals surface area contributed by atoms with Gasteiger partial charge in [0.05, 0.1) is 27.2 Å². The van der Waals surface area contributed by atoms with Crippen LogP contribution in [0.5, 0.6) is 0 Å². The molecule has 6 rings (SSSR count). The average molecular weight is 617 g/mol. The van der Waals surface area contributed by atoms with Gasteiger partial charge in [-0.25, -0.2) is 0 Å². The van der Waals surface area contributed by atoms with Gasteiger partial charge >= 0.3 is 0 Å². The summed E-state index contributed by atoms with van der Waals surface area (Å²) in [5, 5.41) is 0. The van der Waals surface area contributed by atoms with Crippen LogP contribution in [0, 0.1) is 0 Å². The number of benzene rings is 6. The third-order valence-electron chi connectivity index (χ3n) is 9.06. The quantitative estimate of drug-likeness (QED) is 0.135. The van der Waals surface area contributed by atoms with Crippen molar-refractivity contribution in [3.63, 3.8) is 0 Å². The maximum atomic E-state index is 12.3. The van der Waals surface area contributed by atoms with Gasteiger partial charge in [-0.2, -0.15) is 21.9 Å². The van der Waals surface area contributed by atoms with Crippen LogP contribution in [0.4, 0.5) is 0 Å². The highest BCUT2D eigenvalue weighted by molar-refractivity contribution is 7.19. The fraction of sp³-hybridized carbons (Fsp3) is 0.140. The first-order valence-electron chi connectivity index (χ1n) is 16.4. The lowest BCUT2D eigenvalue weighted by molar-refractivity contribution is -0.903. The van der Waals surface area contributed by atoms with E-state index in [-0.39, 0.29) is 5.91 Å². The summed E-state index contributed by atoms with van der Waals surface area (Å²) in [6.07, 6.45) is -1.22. The second-order valence-corrected chi connectivity index (χ2v) is 12.9. The van der Waals surface area contributed by atoms with Gasteiger partial charge in [-0.3, -0.25) is 4.79 Å². The lowest BCUT2D eigenvalue weighted by Crippen LogP contribution is -2.74. The van der Waals surface area contributed by atoms with Gasteiger partial charge in [0.15, 0.2) is 0 Å². The molecule has 0 atom stereocenters. The average Bonchev–Trinajstić information content (AvgIpc) is 3.13. The van der Waals surface area contributed by atoms with Crippen molar-refractivity contribution in [3.8, 4) is 0 Å². The van der Waals surface area contributed by atoms with E-state index in [2.05, 4.69) is 160 Å². The van der Waals surface area contributed by atoms with Crippen molar-refractivity contribution in [2.24, 2.45) is 0 Å². The van der Waals surface area contributed by atoms with E-state index in [1.54, 1.807) is 4.90 Å². The topological polar surface area (TPSA) is 20.3 Å². The van der Waals surface area contributed by atoms with Gasteiger partial charge in [-0.05, 0) is 12.1 Å². The molecule has 236 valence electrons. The van der Waals surface area contributed by atoms with Gasteiger partial charge in [0.1, 0.15) is 12.7 Å². The third kappa shape index (κ3) is 8.35. The largest absolute Gasteiger partial charge is 0.336 e. The fourth-order valence-electron chi connectivity index (χ4n) is 6.60. The Balaban J connectivity index is 0.000000186. The van der Waals surface area contributed by atoms with Crippen molar-refractivity contribution >= 4 is 33.9 Å². The highest BCUT2D eigenvalue weighted by Crippen LogP contribution is 2.11. The van der Waals surface area contributed by atoms with Crippen molar-refractivity contribution in [3.05, 3.63) is 193 Å². The molecule has 0 fully saturated rings. The number of amides is 1. The van der Waals surface area contributed by atoms with Crippen LogP contribution in [-0.4, -0.2) is 55.7 Å². The van der Waals surface area contributed by atoms with Crippen LogP contribution in [0.25, 0.3) is 0 Å². The monoisotopic (exact) mass is 616 g/mol. The summed E-state index contributed by atoms with van der Waals surface area (Å²) >= 11 is 0. The molecule has 4 heteroatoms. The normalized spacial score (nSPS) is 11.2. The summed E-state index contributed by atoms with van der Waals surface area (Å²) < 4.78 is 0.858. The van der Waals surface area contributed by atoms with Crippen molar-refractivity contribution in [1.82, 2.24) is 4.90 Å². The Morgan fingerprint density at radius 2 is 0.830 bits per heavy atom. The van der Waals surface area contributed by atoms with Gasteiger partial charge < -0.3 is 9.38 Å². The maximum absolute atomic E-state index is 12.3. The van der Waals surface area contributed by atoms with Crippen molar-refractivity contribution in [1.29, 1.82) is 0 Å². The Hall–Kier alpha value is -5.19. The molecule has 3 nitrogen and oxygen atoms in total. The molecule has 0 aromatic heterocycles. The van der Waals surface area contributed by atoms with Crippen LogP contribution in [0.2, 0.25) is 0 Å². The number of carbonyl (C=O) groups excluding carboxylic acids is 1. The summed E-state index contributed by atoms with van der Waals surface area (Å²) in [5.74, 6) is 0.0836. The molecule has 0 radical (unpaired) electrons. The number of nitrogens with zero attached hydrogens (tertiary/aromatic N) is 2. The third-order valence-corrected chi connectivity index (χ3v) is 9.06. The number of hydrogen-bond donors (Lipinski definition) is 0. The van der Waals surface area contributed by atoms with Crippen LogP contribution in [-0.2, 0) is 6.54 Å². The summed E-state index contributed by atoms with van der Waals surface area (Å²) in [5.41, 5.74) is 7.43. The van der Waals surface area contributed by atoms with E-state index in [0.717, 1.165) is 29.7 Å². The van der Waals surface area contributed by atoms with Crippen molar-refractivity contribution in [2.75, 3.05) is 34.2 Å². The van der Waals surface area contributed by atoms with E-state index >= 15 is 0 Å². The Morgan fingerprint density at radius 1 is 0.511 bits per heavy atom. The van der Waals surface area contributed by atoms with E-state index in [1.807, 2.05) is 43.4 Å². The number of quaternary nitrogens is 1. The predicted molar refractivity (Wildman–Crippen MR) is 201 cm³/mol. The molecular weight excluding hydrogens is 571 g/mol. The van der Waals surface area contributed by atoms with Crippen LogP contribution in [0.15, 0.2) is 182 Å². The molecule has 6 aromatic carbocycles. The minimum Gasteiger partial charge on any atom is -0.336 e. The van der Waals surface area contributed by atoms with Crippen molar-refractivity contribution in [2.45, 2.75) is 6.54 Å². The van der Waals surface area contributed by atoms with Crippen LogP contribution >= 0.6 is 0 Å². The summed E-state index contributed by atoms with van der Waals surface area (Å²) in [7, 11) is 6.28. The summed E-state index contributed by atoms with van der Waals surface area (Å²) in [4.78, 5) is 14.1. The van der Waals surface area contributed by atoms with Crippen LogP contribution in [0.1, 0.15) is 15.9 Å². The highest BCUT2D eigenvalue weighted by Gasteiger charge is 2.31. The number of likely N-dealkylation sites (N-methyl/N-ethyl adjacent to an activating group) is 2. The molecule has 0 saturated heterocycles. The smallest absolute Gasteiger partial charge is 0.253 e. The number of rotatable bonds is 10. The molecule has 0 aliphatic carbocycles. The Morgan fingerprint density at radius 3 is 1.19 bits per heavy atom. The minimum absolute atomic E-state index is 0.0836. The highest BCUT2D eigenvalue weighted by atomic mass is 16.2. The van der Waals surface area contributed by atoms with Crippen molar-refractivity contribution < 1.29 is 9.28 Å². The lowest BCUT2D eigenvalue weighted by atomic mass is 9.13. The standard InChI is InChI=1S/C24H20B.C19H25N2O/c1-5-13-21(14-6-1)25(22-15-7-2-8-16-22,23-17-9-3-10-18-23)24-19-11-4-12-20-24;1-20(19(22)18-12-8-5-9-13-18)14-15-21(2,3)16-17-10-6-4-7-11-17/h1-20H;4-13H,14-16H2,1-3H3/q-1;+1. The molecule has 0 aliphatic heterocycles. The van der Waals surface area contributed by atoms with Gasteiger partial charge in [0.25, 0.3) is 5.91 Å². The second-order valence-electron chi connectivity index (χ2n) is 12.9. The molecule has 0 saturated carbocycles. The van der Waals surface area contributed by atoms with E-state index in [1.165, 1.54) is 27.4 Å². The molecule has 0 unspecified atom stereocenters. The fourth-order valence-corrected chi connectivity index (χ4v) is 6.60. The van der Waals surface area contributed by atoms with Gasteiger partial charge in [0.2, 0.25) is 0 Å². The zero-order chi connectivity index (χ0) is 33.0. The summed E-state index contributed by atoms with van der Waals surface area (Å²) in [6.45, 7) is 2.63. The second kappa shape index (κ2) is 15.9. The first-order valence-corrected chi connectivity index (χ1v) is 16.4. The van der Waals surface area contributed by atoms with Gasteiger partial charge in [0, 0.05) is 18.2 Å². The molecule has 0 N–H and O–H groups in total. The molecule has 0 spiro atoms. The predicted octanol–water partition coefficient (Wildman–Crippen LogP) is 6.10. The SMILES string of the molecule is CN(CC[N+](C)(C)Cc1ccccc1)C(=O)c1ccccc1.c1ccc([B-](c2ccccc2)(c2ccccc2)c2ccccc2)cc1. The van der Waals surface area contributed by atoms with Crippen LogP contribution < -0.4 is 21.9 Å². The molecule has 0 bridgehead atoms. The first kappa shape index (κ1) is 33.2. The van der Waals surface area contributed by atoms with Crippen LogP contribution in [0.3, 0.4) is 0 Å². The lowest BCUT2D eigenvalue weighted by Gasteiger charge is -2.44. The Bertz CT molecular complexity index is 1620. The maximum Gasteiger partial charge on any atom is 0.253 e. The Labute approximate surface area is 281 Å². The van der Waals surface area contributed by atoms with Gasteiger partial charge in [-0.15, -0.1) is 0 Å². The number of hydrogen-bond acceptors (Lipinski definition) is 1. The molecule has 0 aliphatic rings. The molecular formula is C43H45BN2O. The van der Waals surface area contributed by atoms with Gasteiger partial charge in [-0.1, -0.05) is 170 Å². The van der Waals surface area contributed by atoms with E-state index in [9.17, 15) is 4.79 Å². The minimum atomic E-state index is -1.22. The summed E-state index contributed by atoms with van der Waals surface area (Å²) in [6, 6.07) is 63.5. The number of carbonyl (C=O) groups is 1. The zero-order valence-electron chi connectivity index (χ0n) is 27.8. The molecule has 0 heterocycles. The van der Waals surface area contributed by atoms with E-state index < -0.39 is 6.15 Å². The van der Waals surface area contributed by atoms with E-state index in [4.69, 9.17) is 0 Å². The van der Waals surface area contributed by atoms with E-state index in [0.29, 0.717) is 0 Å². The Kier molecular flexibility index (Phi) is 11.2. The molecule has 6 aromatic rings. The molecule has 47 heavy (non-hydrogen) atoms. The molecule has 1 amide bonds. The first-order chi connectivity index (χ1) is 22.9.